The first kappa shape index (κ1) is 12.3. The normalized spacial score (nSPS) is 38.6. The smallest absolute Gasteiger partial charge is 0.115 e. The Bertz CT molecular complexity index is 205. The van der Waals surface area contributed by atoms with Crippen molar-refractivity contribution in [3.63, 3.8) is 0 Å². The highest BCUT2D eigenvalue weighted by atomic mass is 16.6. The lowest BCUT2D eigenvalue weighted by molar-refractivity contribution is -0.0753. The third-order valence-corrected chi connectivity index (χ3v) is 2.86. The van der Waals surface area contributed by atoms with Crippen LogP contribution in [-0.4, -0.2) is 49.8 Å². The summed E-state index contributed by atoms with van der Waals surface area (Å²) < 4.78 is 23.0. The molecule has 0 aromatic carbocycles. The second-order valence-corrected chi connectivity index (χ2v) is 5.04. The van der Waals surface area contributed by atoms with Gasteiger partial charge in [0.2, 0.25) is 0 Å². The van der Waals surface area contributed by atoms with Gasteiger partial charge in [-0.1, -0.05) is 0 Å². The fourth-order valence-corrected chi connectivity index (χ4v) is 2.36. The summed E-state index contributed by atoms with van der Waals surface area (Å²) >= 11 is 0. The van der Waals surface area contributed by atoms with Crippen molar-refractivity contribution in [1.29, 1.82) is 0 Å². The van der Waals surface area contributed by atoms with Crippen LogP contribution in [-0.2, 0) is 18.9 Å². The topological polar surface area (TPSA) is 36.9 Å². The van der Waals surface area contributed by atoms with Gasteiger partial charge < -0.3 is 18.9 Å². The second kappa shape index (κ2) is 5.00. The molecule has 2 aliphatic heterocycles. The summed E-state index contributed by atoms with van der Waals surface area (Å²) in [6.07, 6.45) is 0.635. The van der Waals surface area contributed by atoms with Gasteiger partial charge in [0.25, 0.3) is 0 Å². The molecule has 2 rings (SSSR count). The Kier molecular flexibility index (Phi) is 3.85. The zero-order chi connectivity index (χ0) is 11.7. The van der Waals surface area contributed by atoms with Crippen LogP contribution in [0.2, 0.25) is 0 Å². The fraction of sp³-hybridized carbons (Fsp3) is 1.00. The second-order valence-electron chi connectivity index (χ2n) is 5.04. The number of fused-ring (bicyclic) bond motifs is 1. The van der Waals surface area contributed by atoms with E-state index in [-0.39, 0.29) is 36.6 Å². The van der Waals surface area contributed by atoms with Crippen molar-refractivity contribution in [2.45, 2.75) is 64.3 Å². The summed E-state index contributed by atoms with van der Waals surface area (Å²) in [5.74, 6) is 0. The van der Waals surface area contributed by atoms with Crippen molar-refractivity contribution in [3.8, 4) is 0 Å². The van der Waals surface area contributed by atoms with Gasteiger partial charge in [-0.15, -0.1) is 0 Å². The molecule has 0 amide bonds. The van der Waals surface area contributed by atoms with E-state index in [4.69, 9.17) is 18.9 Å². The van der Waals surface area contributed by atoms with Gasteiger partial charge in [0, 0.05) is 0 Å². The molecule has 0 spiro atoms. The molecule has 4 nitrogen and oxygen atoms in total. The molecule has 4 atom stereocenters. The molecule has 2 heterocycles. The van der Waals surface area contributed by atoms with E-state index < -0.39 is 0 Å². The van der Waals surface area contributed by atoms with E-state index in [1.165, 1.54) is 0 Å². The monoisotopic (exact) mass is 230 g/mol. The predicted octanol–water partition coefficient (Wildman–Crippen LogP) is 1.37. The van der Waals surface area contributed by atoms with Gasteiger partial charge in [0.1, 0.15) is 24.4 Å². The Hall–Kier alpha value is -0.160. The van der Waals surface area contributed by atoms with Gasteiger partial charge in [0.15, 0.2) is 0 Å². The highest BCUT2D eigenvalue weighted by Gasteiger charge is 2.49. The highest BCUT2D eigenvalue weighted by Crippen LogP contribution is 2.31. The maximum atomic E-state index is 5.77. The lowest BCUT2D eigenvalue weighted by Gasteiger charge is -2.19. The van der Waals surface area contributed by atoms with Crippen molar-refractivity contribution in [1.82, 2.24) is 0 Å². The van der Waals surface area contributed by atoms with Crippen molar-refractivity contribution < 1.29 is 18.9 Å². The molecule has 0 saturated carbocycles. The molecule has 2 fully saturated rings. The molecule has 0 unspecified atom stereocenters. The van der Waals surface area contributed by atoms with Crippen molar-refractivity contribution in [3.05, 3.63) is 0 Å². The Morgan fingerprint density at radius 3 is 1.50 bits per heavy atom. The summed E-state index contributed by atoms with van der Waals surface area (Å²) in [6, 6.07) is 0. The summed E-state index contributed by atoms with van der Waals surface area (Å²) in [6.45, 7) is 9.36. The zero-order valence-electron chi connectivity index (χ0n) is 10.5. The van der Waals surface area contributed by atoms with Crippen LogP contribution in [0.4, 0.5) is 0 Å². The van der Waals surface area contributed by atoms with E-state index in [2.05, 4.69) is 0 Å². The summed E-state index contributed by atoms with van der Waals surface area (Å²) in [4.78, 5) is 0. The molecule has 94 valence electrons. The van der Waals surface area contributed by atoms with E-state index >= 15 is 0 Å². The first-order chi connectivity index (χ1) is 7.58. The summed E-state index contributed by atoms with van der Waals surface area (Å²) in [5.41, 5.74) is 0. The van der Waals surface area contributed by atoms with E-state index in [0.29, 0.717) is 13.2 Å². The van der Waals surface area contributed by atoms with Gasteiger partial charge in [-0.05, 0) is 27.7 Å². The van der Waals surface area contributed by atoms with Crippen LogP contribution in [0.5, 0.6) is 0 Å². The number of ether oxygens (including phenoxy) is 4. The Labute approximate surface area is 97.2 Å². The van der Waals surface area contributed by atoms with Gasteiger partial charge in [-0.3, -0.25) is 0 Å². The number of hydrogen-bond donors (Lipinski definition) is 0. The molecule has 0 bridgehead atoms. The van der Waals surface area contributed by atoms with E-state index in [0.717, 1.165) is 0 Å². The van der Waals surface area contributed by atoms with Crippen LogP contribution in [0.25, 0.3) is 0 Å². The molecule has 4 heteroatoms. The van der Waals surface area contributed by atoms with Crippen molar-refractivity contribution in [2.24, 2.45) is 0 Å². The Morgan fingerprint density at radius 2 is 1.19 bits per heavy atom. The highest BCUT2D eigenvalue weighted by molar-refractivity contribution is 4.96. The van der Waals surface area contributed by atoms with Crippen LogP contribution >= 0.6 is 0 Å². The van der Waals surface area contributed by atoms with Crippen LogP contribution in [0.1, 0.15) is 27.7 Å². The van der Waals surface area contributed by atoms with E-state index in [1.807, 2.05) is 27.7 Å². The third-order valence-electron chi connectivity index (χ3n) is 2.86. The minimum Gasteiger partial charge on any atom is -0.370 e. The van der Waals surface area contributed by atoms with E-state index in [9.17, 15) is 0 Å². The standard InChI is InChI=1S/C12H22O4/c1-7(2)15-9-5-13-12-10(16-8(3)4)6-14-11(9)12/h7-12H,5-6H2,1-4H3/t9-,10+,11-,12-/m1/s1. The maximum Gasteiger partial charge on any atom is 0.115 e. The lowest BCUT2D eigenvalue weighted by atomic mass is 10.1. The number of hydrogen-bond acceptors (Lipinski definition) is 4. The fourth-order valence-electron chi connectivity index (χ4n) is 2.36. The van der Waals surface area contributed by atoms with Gasteiger partial charge in [-0.25, -0.2) is 0 Å². The molecule has 0 aliphatic carbocycles. The molecule has 0 radical (unpaired) electrons. The molecular formula is C12H22O4. The van der Waals surface area contributed by atoms with E-state index in [1.54, 1.807) is 0 Å². The minimum absolute atomic E-state index is 0.0474. The minimum atomic E-state index is 0.0474. The van der Waals surface area contributed by atoms with Gasteiger partial charge in [-0.2, -0.15) is 0 Å². The summed E-state index contributed by atoms with van der Waals surface area (Å²) in [5, 5.41) is 0. The van der Waals surface area contributed by atoms with Crippen LogP contribution in [0.15, 0.2) is 0 Å². The third kappa shape index (κ3) is 2.56. The lowest BCUT2D eigenvalue weighted by Crippen LogP contribution is -2.35. The molecular weight excluding hydrogens is 208 g/mol. The SMILES string of the molecule is CC(C)O[C@H]1CO[C@H]2[C@@H]1OC[C@H]2OC(C)C. The first-order valence-corrected chi connectivity index (χ1v) is 6.12. The van der Waals surface area contributed by atoms with Crippen LogP contribution in [0, 0.1) is 0 Å². The van der Waals surface area contributed by atoms with Crippen molar-refractivity contribution >= 4 is 0 Å². The largest absolute Gasteiger partial charge is 0.370 e. The maximum absolute atomic E-state index is 5.77. The van der Waals surface area contributed by atoms with Crippen LogP contribution < -0.4 is 0 Å². The average molecular weight is 230 g/mol. The first-order valence-electron chi connectivity index (χ1n) is 6.12. The Balaban J connectivity index is 1.90. The van der Waals surface area contributed by atoms with Crippen LogP contribution in [0.3, 0.4) is 0 Å². The summed E-state index contributed by atoms with van der Waals surface area (Å²) in [7, 11) is 0. The zero-order valence-corrected chi connectivity index (χ0v) is 10.5. The molecule has 2 aliphatic rings. The predicted molar refractivity (Wildman–Crippen MR) is 59.5 cm³/mol. The Morgan fingerprint density at radius 1 is 0.812 bits per heavy atom. The number of rotatable bonds is 4. The molecule has 0 aromatic rings. The average Bonchev–Trinajstić information content (AvgIpc) is 2.70. The molecule has 0 N–H and O–H groups in total. The molecule has 16 heavy (non-hydrogen) atoms. The molecule has 0 aromatic heterocycles. The quantitative estimate of drug-likeness (QED) is 0.731. The molecule has 2 saturated heterocycles. The van der Waals surface area contributed by atoms with Gasteiger partial charge >= 0.3 is 0 Å². The van der Waals surface area contributed by atoms with Gasteiger partial charge in [0.05, 0.1) is 25.4 Å². The van der Waals surface area contributed by atoms with Crippen molar-refractivity contribution in [2.75, 3.05) is 13.2 Å².